The molecule has 3 nitrogen and oxygen atoms in total. The zero-order valence-corrected chi connectivity index (χ0v) is 10.2. The van der Waals surface area contributed by atoms with Crippen molar-refractivity contribution in [3.05, 3.63) is 34.9 Å². The third-order valence-electron chi connectivity index (χ3n) is 2.52. The molecule has 2 aromatic rings. The summed E-state index contributed by atoms with van der Waals surface area (Å²) in [6.45, 7) is 5.61. The number of pyridine rings is 1. The Labute approximate surface area is 99.1 Å². The highest BCUT2D eigenvalue weighted by Gasteiger charge is 2.16. The van der Waals surface area contributed by atoms with E-state index in [0.717, 1.165) is 11.3 Å². The molecule has 0 saturated carbocycles. The number of ketones is 1. The number of carbonyl (C=O) groups excluding carboxylic acids is 1. The number of halogens is 1. The Bertz CT molecular complexity index is 557. The van der Waals surface area contributed by atoms with Crippen LogP contribution in [0.3, 0.4) is 0 Å². The molecule has 0 aliphatic rings. The first-order valence-corrected chi connectivity index (χ1v) is 5.58. The van der Waals surface area contributed by atoms with Crippen molar-refractivity contribution in [3.8, 4) is 0 Å². The SMILES string of the molecule is CC(=O)c1cccc2c(Cl)nc(C(C)C)n12. The second kappa shape index (κ2) is 3.91. The number of imidazole rings is 1. The van der Waals surface area contributed by atoms with Gasteiger partial charge in [0.2, 0.25) is 0 Å². The number of fused-ring (bicyclic) bond motifs is 1. The maximum atomic E-state index is 11.6. The predicted octanol–water partition coefficient (Wildman–Crippen LogP) is 3.31. The lowest BCUT2D eigenvalue weighted by Gasteiger charge is -2.07. The van der Waals surface area contributed by atoms with Gasteiger partial charge in [-0.25, -0.2) is 4.98 Å². The summed E-state index contributed by atoms with van der Waals surface area (Å²) in [7, 11) is 0. The van der Waals surface area contributed by atoms with Crippen molar-refractivity contribution in [2.24, 2.45) is 0 Å². The van der Waals surface area contributed by atoms with Crippen LogP contribution in [0, 0.1) is 0 Å². The van der Waals surface area contributed by atoms with E-state index in [1.165, 1.54) is 0 Å². The quantitative estimate of drug-likeness (QED) is 0.750. The Hall–Kier alpha value is -1.35. The van der Waals surface area contributed by atoms with Crippen LogP contribution in [0.5, 0.6) is 0 Å². The van der Waals surface area contributed by atoms with E-state index in [1.807, 2.05) is 30.4 Å². The molecule has 2 rings (SSSR count). The Kier molecular flexibility index (Phi) is 2.72. The number of hydrogen-bond donors (Lipinski definition) is 0. The van der Waals surface area contributed by atoms with Crippen molar-refractivity contribution < 1.29 is 4.79 Å². The van der Waals surface area contributed by atoms with Crippen LogP contribution in [0.1, 0.15) is 43.0 Å². The molecule has 0 saturated heterocycles. The molecule has 0 amide bonds. The van der Waals surface area contributed by atoms with E-state index in [0.29, 0.717) is 10.8 Å². The summed E-state index contributed by atoms with van der Waals surface area (Å²) in [6, 6.07) is 5.48. The van der Waals surface area contributed by atoms with Gasteiger partial charge in [0.1, 0.15) is 5.82 Å². The number of rotatable bonds is 2. The average Bonchev–Trinajstić information content (AvgIpc) is 2.56. The van der Waals surface area contributed by atoms with Gasteiger partial charge in [-0.3, -0.25) is 9.20 Å². The minimum absolute atomic E-state index is 0.0153. The molecule has 0 radical (unpaired) electrons. The summed E-state index contributed by atoms with van der Waals surface area (Å²) < 4.78 is 1.84. The van der Waals surface area contributed by atoms with E-state index in [-0.39, 0.29) is 11.7 Å². The van der Waals surface area contributed by atoms with Crippen LogP contribution in [0.4, 0.5) is 0 Å². The van der Waals surface area contributed by atoms with E-state index in [4.69, 9.17) is 11.6 Å². The second-order valence-corrected chi connectivity index (χ2v) is 4.46. The lowest BCUT2D eigenvalue weighted by atomic mass is 10.2. The average molecular weight is 237 g/mol. The van der Waals surface area contributed by atoms with Crippen molar-refractivity contribution in [2.75, 3.05) is 0 Å². The predicted molar refractivity (Wildman–Crippen MR) is 64.3 cm³/mol. The highest BCUT2D eigenvalue weighted by atomic mass is 35.5. The van der Waals surface area contributed by atoms with Crippen LogP contribution in [-0.4, -0.2) is 15.2 Å². The Morgan fingerprint density at radius 3 is 2.69 bits per heavy atom. The molecule has 2 heterocycles. The molecule has 0 aromatic carbocycles. The van der Waals surface area contributed by atoms with Crippen LogP contribution in [0.15, 0.2) is 18.2 Å². The van der Waals surface area contributed by atoms with Gasteiger partial charge < -0.3 is 0 Å². The number of Topliss-reactive ketones (excluding diaryl/α,β-unsaturated/α-hetero) is 1. The summed E-state index contributed by atoms with van der Waals surface area (Å²) in [6.07, 6.45) is 0. The largest absolute Gasteiger partial charge is 0.293 e. The van der Waals surface area contributed by atoms with Crippen LogP contribution < -0.4 is 0 Å². The van der Waals surface area contributed by atoms with Crippen molar-refractivity contribution in [1.29, 1.82) is 0 Å². The molecule has 0 fully saturated rings. The molecule has 84 valence electrons. The van der Waals surface area contributed by atoms with Gasteiger partial charge in [-0.15, -0.1) is 0 Å². The zero-order chi connectivity index (χ0) is 11.9. The molecule has 0 unspecified atom stereocenters. The summed E-state index contributed by atoms with van der Waals surface area (Å²) in [5.74, 6) is 1.06. The van der Waals surface area contributed by atoms with Gasteiger partial charge >= 0.3 is 0 Å². The van der Waals surface area contributed by atoms with Gasteiger partial charge in [0.15, 0.2) is 10.9 Å². The standard InChI is InChI=1S/C12H13ClN2O/c1-7(2)12-14-11(13)10-6-4-5-9(8(3)16)15(10)12/h4-7H,1-3H3. The number of carbonyl (C=O) groups is 1. The van der Waals surface area contributed by atoms with Gasteiger partial charge in [-0.2, -0.15) is 0 Å². The summed E-state index contributed by atoms with van der Waals surface area (Å²) >= 11 is 6.06. The molecular formula is C12H13ClN2O. The van der Waals surface area contributed by atoms with Gasteiger partial charge in [0.05, 0.1) is 11.2 Å². The van der Waals surface area contributed by atoms with Gasteiger partial charge in [0, 0.05) is 12.8 Å². The van der Waals surface area contributed by atoms with Crippen LogP contribution >= 0.6 is 11.6 Å². The van der Waals surface area contributed by atoms with E-state index >= 15 is 0 Å². The normalized spacial score (nSPS) is 11.3. The first-order valence-electron chi connectivity index (χ1n) is 5.20. The fourth-order valence-electron chi connectivity index (χ4n) is 1.79. The monoisotopic (exact) mass is 236 g/mol. The van der Waals surface area contributed by atoms with E-state index in [1.54, 1.807) is 13.0 Å². The Balaban J connectivity index is 2.88. The molecule has 0 spiro atoms. The highest BCUT2D eigenvalue weighted by molar-refractivity contribution is 6.32. The van der Waals surface area contributed by atoms with Crippen LogP contribution in [0.2, 0.25) is 5.15 Å². The Morgan fingerprint density at radius 2 is 2.12 bits per heavy atom. The topological polar surface area (TPSA) is 34.4 Å². The second-order valence-electron chi connectivity index (χ2n) is 4.10. The maximum Gasteiger partial charge on any atom is 0.176 e. The molecule has 0 N–H and O–H groups in total. The third kappa shape index (κ3) is 1.61. The smallest absolute Gasteiger partial charge is 0.176 e. The van der Waals surface area contributed by atoms with Crippen LogP contribution in [0.25, 0.3) is 5.52 Å². The zero-order valence-electron chi connectivity index (χ0n) is 9.49. The number of nitrogens with zero attached hydrogens (tertiary/aromatic N) is 2. The molecule has 4 heteroatoms. The summed E-state index contributed by atoms with van der Waals surface area (Å²) in [5.41, 5.74) is 1.42. The number of aromatic nitrogens is 2. The molecule has 2 aromatic heterocycles. The van der Waals surface area contributed by atoms with E-state index in [9.17, 15) is 4.79 Å². The van der Waals surface area contributed by atoms with Crippen LogP contribution in [-0.2, 0) is 0 Å². The molecule has 0 aliphatic heterocycles. The molecule has 0 bridgehead atoms. The first-order chi connectivity index (χ1) is 7.52. The maximum absolute atomic E-state index is 11.6. The molecular weight excluding hydrogens is 224 g/mol. The minimum Gasteiger partial charge on any atom is -0.293 e. The fraction of sp³-hybridized carbons (Fsp3) is 0.333. The first kappa shape index (κ1) is 11.1. The Morgan fingerprint density at radius 1 is 1.44 bits per heavy atom. The van der Waals surface area contributed by atoms with Gasteiger partial charge in [0.25, 0.3) is 0 Å². The summed E-state index contributed by atoms with van der Waals surface area (Å²) in [4.78, 5) is 15.9. The summed E-state index contributed by atoms with van der Waals surface area (Å²) in [5, 5.41) is 0.451. The van der Waals surface area contributed by atoms with Crippen molar-refractivity contribution in [3.63, 3.8) is 0 Å². The third-order valence-corrected chi connectivity index (χ3v) is 2.80. The molecule has 0 atom stereocenters. The van der Waals surface area contributed by atoms with Gasteiger partial charge in [-0.05, 0) is 12.1 Å². The highest BCUT2D eigenvalue weighted by Crippen LogP contribution is 2.24. The van der Waals surface area contributed by atoms with Crippen molar-refractivity contribution in [2.45, 2.75) is 26.7 Å². The van der Waals surface area contributed by atoms with Crippen molar-refractivity contribution >= 4 is 22.9 Å². The minimum atomic E-state index is 0.0153. The van der Waals surface area contributed by atoms with E-state index < -0.39 is 0 Å². The fourth-order valence-corrected chi connectivity index (χ4v) is 2.02. The lowest BCUT2D eigenvalue weighted by molar-refractivity contribution is 0.101. The van der Waals surface area contributed by atoms with Gasteiger partial charge in [-0.1, -0.05) is 31.5 Å². The number of hydrogen-bond acceptors (Lipinski definition) is 2. The van der Waals surface area contributed by atoms with E-state index in [2.05, 4.69) is 4.98 Å². The lowest BCUT2D eigenvalue weighted by Crippen LogP contribution is -2.06. The molecule has 0 aliphatic carbocycles. The van der Waals surface area contributed by atoms with Crippen molar-refractivity contribution in [1.82, 2.24) is 9.38 Å². The molecule has 16 heavy (non-hydrogen) atoms.